The Balaban J connectivity index is 2.99. The molecule has 0 aliphatic carbocycles. The first-order chi connectivity index (χ1) is 3.35. The third kappa shape index (κ3) is 2.98. The van der Waals surface area contributed by atoms with Gasteiger partial charge in [0, 0.05) is 20.4 Å². The van der Waals surface area contributed by atoms with Gasteiger partial charge in [-0.2, -0.15) is 0 Å². The summed E-state index contributed by atoms with van der Waals surface area (Å²) in [5.74, 6) is 0. The summed E-state index contributed by atoms with van der Waals surface area (Å²) in [7, 11) is 2.78. The normalized spacial score (nSPS) is 10.3. The first kappa shape index (κ1) is 7.35. The van der Waals surface area contributed by atoms with Crippen LogP contribution in [0.3, 0.4) is 0 Å². The Kier molecular flexibility index (Phi) is 4.73. The molecule has 0 aromatic heterocycles. The molecule has 0 atom stereocenters. The van der Waals surface area contributed by atoms with Gasteiger partial charge in [-0.3, -0.25) is 0 Å². The van der Waals surface area contributed by atoms with Gasteiger partial charge >= 0.3 is 0 Å². The van der Waals surface area contributed by atoms with Gasteiger partial charge in [-0.25, -0.2) is 0 Å². The maximum atomic E-state index is 4.89. The van der Waals surface area contributed by atoms with E-state index in [1.165, 1.54) is 0 Å². The summed E-state index contributed by atoms with van der Waals surface area (Å²) in [6, 6.07) is 0. The van der Waals surface area contributed by atoms with Gasteiger partial charge in [0.1, 0.15) is 0 Å². The Morgan fingerprint density at radius 2 is 1.71 bits per heavy atom. The molecule has 0 aliphatic rings. The van der Waals surface area contributed by atoms with Crippen molar-refractivity contribution in [2.24, 2.45) is 0 Å². The van der Waals surface area contributed by atoms with E-state index in [9.17, 15) is 0 Å². The van der Waals surface area contributed by atoms with Crippen LogP contribution in [0.2, 0.25) is 0 Å². The third-order valence-corrected chi connectivity index (χ3v) is 2.00. The lowest BCUT2D eigenvalue weighted by Crippen LogP contribution is -1.82. The molecule has 0 bridgehead atoms. The Bertz CT molecular complexity index is 31.2. The lowest BCUT2D eigenvalue weighted by Gasteiger charge is -2.06. The van der Waals surface area contributed by atoms with Gasteiger partial charge in [0.15, 0.2) is 8.38 Å². The molecule has 0 spiro atoms. The highest BCUT2D eigenvalue weighted by atomic mass is 31.2. The van der Waals surface area contributed by atoms with Crippen molar-refractivity contribution in [3.63, 3.8) is 0 Å². The first-order valence-corrected chi connectivity index (χ1v) is 3.57. The van der Waals surface area contributed by atoms with Crippen LogP contribution in [0.25, 0.3) is 0 Å². The van der Waals surface area contributed by atoms with Crippen molar-refractivity contribution in [1.82, 2.24) is 0 Å². The average molecular weight is 122 g/mol. The fraction of sp³-hybridized carbons (Fsp3) is 1.00. The SMILES string of the molecule is CCP(OC)OC. The molecule has 2 nitrogen and oxygen atoms in total. The molecule has 0 saturated carbocycles. The second-order valence-electron chi connectivity index (χ2n) is 1.01. The summed E-state index contributed by atoms with van der Waals surface area (Å²) >= 11 is 0. The molecule has 7 heavy (non-hydrogen) atoms. The monoisotopic (exact) mass is 122 g/mol. The minimum absolute atomic E-state index is 0.554. The summed E-state index contributed by atoms with van der Waals surface area (Å²) in [5.41, 5.74) is 0. The minimum atomic E-state index is -0.554. The topological polar surface area (TPSA) is 18.5 Å². The van der Waals surface area contributed by atoms with E-state index in [0.717, 1.165) is 6.16 Å². The summed E-state index contributed by atoms with van der Waals surface area (Å²) in [6.45, 7) is 2.04. The maximum absolute atomic E-state index is 4.89. The standard InChI is InChI=1S/C4H11O2P/c1-4-7(5-2)6-3/h4H2,1-3H3. The van der Waals surface area contributed by atoms with Crippen LogP contribution < -0.4 is 0 Å². The van der Waals surface area contributed by atoms with Crippen molar-refractivity contribution in [2.75, 3.05) is 20.4 Å². The molecule has 0 aromatic rings. The molecular weight excluding hydrogens is 111 g/mol. The summed E-state index contributed by atoms with van der Waals surface area (Å²) in [4.78, 5) is 0. The van der Waals surface area contributed by atoms with Crippen LogP contribution in [0.1, 0.15) is 6.92 Å². The van der Waals surface area contributed by atoms with Gasteiger partial charge in [-0.05, 0) is 0 Å². The van der Waals surface area contributed by atoms with E-state index < -0.39 is 8.38 Å². The predicted molar refractivity (Wildman–Crippen MR) is 31.5 cm³/mol. The molecular formula is C4H11O2P. The zero-order valence-corrected chi connectivity index (χ0v) is 5.87. The lowest BCUT2D eigenvalue weighted by molar-refractivity contribution is 0.341. The van der Waals surface area contributed by atoms with E-state index in [2.05, 4.69) is 0 Å². The highest BCUT2D eigenvalue weighted by Crippen LogP contribution is 2.34. The molecule has 0 N–H and O–H groups in total. The van der Waals surface area contributed by atoms with Crippen molar-refractivity contribution in [3.05, 3.63) is 0 Å². The third-order valence-electron chi connectivity index (χ3n) is 0.665. The van der Waals surface area contributed by atoms with Crippen molar-refractivity contribution in [2.45, 2.75) is 6.92 Å². The Labute approximate surface area is 45.7 Å². The smallest absolute Gasteiger partial charge is 0.169 e. The predicted octanol–water partition coefficient (Wildman–Crippen LogP) is 1.61. The molecule has 44 valence electrons. The molecule has 0 rings (SSSR count). The molecule has 0 saturated heterocycles. The van der Waals surface area contributed by atoms with Crippen molar-refractivity contribution >= 4 is 8.38 Å². The fourth-order valence-electron chi connectivity index (χ4n) is 0.333. The lowest BCUT2D eigenvalue weighted by atomic mass is 11.0. The summed E-state index contributed by atoms with van der Waals surface area (Å²) < 4.78 is 9.78. The maximum Gasteiger partial charge on any atom is 0.169 e. The summed E-state index contributed by atoms with van der Waals surface area (Å²) in [6.07, 6.45) is 0.975. The van der Waals surface area contributed by atoms with E-state index in [0.29, 0.717) is 0 Å². The molecule has 0 unspecified atom stereocenters. The van der Waals surface area contributed by atoms with Crippen molar-refractivity contribution < 1.29 is 9.05 Å². The van der Waals surface area contributed by atoms with Gasteiger partial charge in [0.25, 0.3) is 0 Å². The van der Waals surface area contributed by atoms with Crippen LogP contribution in [-0.2, 0) is 9.05 Å². The fourth-order valence-corrected chi connectivity index (χ4v) is 0.998. The van der Waals surface area contributed by atoms with E-state index in [-0.39, 0.29) is 0 Å². The number of rotatable bonds is 3. The molecule has 0 amide bonds. The van der Waals surface area contributed by atoms with E-state index in [1.54, 1.807) is 14.2 Å². The molecule has 0 aromatic carbocycles. The average Bonchev–Trinajstić information content (AvgIpc) is 1.72. The van der Waals surface area contributed by atoms with Crippen molar-refractivity contribution in [3.8, 4) is 0 Å². The Hall–Kier alpha value is 0.350. The zero-order valence-electron chi connectivity index (χ0n) is 4.97. The van der Waals surface area contributed by atoms with Crippen LogP contribution in [0, 0.1) is 0 Å². The van der Waals surface area contributed by atoms with E-state index >= 15 is 0 Å². The van der Waals surface area contributed by atoms with Crippen LogP contribution in [-0.4, -0.2) is 20.4 Å². The van der Waals surface area contributed by atoms with Crippen LogP contribution in [0.15, 0.2) is 0 Å². The Morgan fingerprint density at radius 1 is 1.29 bits per heavy atom. The number of hydrogen-bond donors (Lipinski definition) is 0. The van der Waals surface area contributed by atoms with Gasteiger partial charge < -0.3 is 9.05 Å². The highest BCUT2D eigenvalue weighted by Gasteiger charge is 1.97. The van der Waals surface area contributed by atoms with Crippen LogP contribution >= 0.6 is 8.38 Å². The van der Waals surface area contributed by atoms with Gasteiger partial charge in [-0.15, -0.1) is 0 Å². The van der Waals surface area contributed by atoms with E-state index in [4.69, 9.17) is 9.05 Å². The van der Waals surface area contributed by atoms with Crippen LogP contribution in [0.5, 0.6) is 0 Å². The van der Waals surface area contributed by atoms with Gasteiger partial charge in [0.2, 0.25) is 0 Å². The molecule has 0 radical (unpaired) electrons. The minimum Gasteiger partial charge on any atom is -0.337 e. The molecule has 0 heterocycles. The van der Waals surface area contributed by atoms with Crippen LogP contribution in [0.4, 0.5) is 0 Å². The summed E-state index contributed by atoms with van der Waals surface area (Å²) in [5, 5.41) is 0. The second kappa shape index (κ2) is 4.51. The highest BCUT2D eigenvalue weighted by molar-refractivity contribution is 7.47. The second-order valence-corrected chi connectivity index (χ2v) is 3.04. The zero-order chi connectivity index (χ0) is 5.70. The quantitative estimate of drug-likeness (QED) is 0.529. The van der Waals surface area contributed by atoms with Crippen molar-refractivity contribution in [1.29, 1.82) is 0 Å². The number of hydrogen-bond acceptors (Lipinski definition) is 2. The first-order valence-electron chi connectivity index (χ1n) is 2.20. The largest absolute Gasteiger partial charge is 0.337 e. The molecule has 0 aliphatic heterocycles. The van der Waals surface area contributed by atoms with E-state index in [1.807, 2.05) is 6.92 Å². The van der Waals surface area contributed by atoms with Gasteiger partial charge in [-0.1, -0.05) is 6.92 Å². The van der Waals surface area contributed by atoms with Gasteiger partial charge in [0.05, 0.1) is 0 Å². The molecule has 3 heteroatoms. The Morgan fingerprint density at radius 3 is 1.71 bits per heavy atom. The molecule has 0 fully saturated rings.